The van der Waals surface area contributed by atoms with Gasteiger partial charge in [0.1, 0.15) is 5.75 Å². The van der Waals surface area contributed by atoms with E-state index < -0.39 is 0 Å². The number of rotatable bonds is 6. The second kappa shape index (κ2) is 9.98. The van der Waals surface area contributed by atoms with Gasteiger partial charge in [0.2, 0.25) is 5.91 Å². The zero-order valence-electron chi connectivity index (χ0n) is 18.0. The SMILES string of the molecule is COc1ccc(N2CCN(CC(=O)N3CCC(Cc4ccccc4)CC3)CC2)cc1. The first-order chi connectivity index (χ1) is 14.7. The second-order valence-corrected chi connectivity index (χ2v) is 8.48. The van der Waals surface area contributed by atoms with Crippen LogP contribution in [-0.2, 0) is 11.2 Å². The van der Waals surface area contributed by atoms with Crippen LogP contribution in [0.2, 0.25) is 0 Å². The molecule has 2 aliphatic heterocycles. The first-order valence-corrected chi connectivity index (χ1v) is 11.1. The number of carbonyl (C=O) groups is 1. The van der Waals surface area contributed by atoms with Crippen LogP contribution in [0.4, 0.5) is 5.69 Å². The van der Waals surface area contributed by atoms with Crippen molar-refractivity contribution < 1.29 is 9.53 Å². The molecule has 160 valence electrons. The van der Waals surface area contributed by atoms with Crippen LogP contribution >= 0.6 is 0 Å². The Morgan fingerprint density at radius 1 is 0.900 bits per heavy atom. The molecule has 2 aromatic rings. The molecule has 4 rings (SSSR count). The van der Waals surface area contributed by atoms with E-state index in [0.29, 0.717) is 18.4 Å². The minimum absolute atomic E-state index is 0.297. The molecule has 2 heterocycles. The van der Waals surface area contributed by atoms with Gasteiger partial charge < -0.3 is 14.5 Å². The fourth-order valence-electron chi connectivity index (χ4n) is 4.58. The molecule has 0 N–H and O–H groups in total. The second-order valence-electron chi connectivity index (χ2n) is 8.48. The zero-order valence-corrected chi connectivity index (χ0v) is 18.0. The van der Waals surface area contributed by atoms with Crippen LogP contribution in [0.15, 0.2) is 54.6 Å². The molecule has 0 spiro atoms. The molecule has 0 bridgehead atoms. The molecule has 0 atom stereocenters. The van der Waals surface area contributed by atoms with Crippen LogP contribution in [0.1, 0.15) is 18.4 Å². The van der Waals surface area contributed by atoms with E-state index in [9.17, 15) is 4.79 Å². The summed E-state index contributed by atoms with van der Waals surface area (Å²) in [5, 5.41) is 0. The minimum Gasteiger partial charge on any atom is -0.497 e. The van der Waals surface area contributed by atoms with Gasteiger partial charge in [0, 0.05) is 45.0 Å². The molecule has 0 aromatic heterocycles. The van der Waals surface area contributed by atoms with E-state index in [0.717, 1.165) is 64.3 Å². The van der Waals surface area contributed by atoms with Gasteiger partial charge in [-0.05, 0) is 55.0 Å². The molecule has 0 unspecified atom stereocenters. The Morgan fingerprint density at radius 2 is 1.57 bits per heavy atom. The summed E-state index contributed by atoms with van der Waals surface area (Å²) in [6.07, 6.45) is 3.37. The molecule has 0 radical (unpaired) electrons. The summed E-state index contributed by atoms with van der Waals surface area (Å²) in [6.45, 7) is 6.14. The monoisotopic (exact) mass is 407 g/mol. The Hall–Kier alpha value is -2.53. The molecule has 2 saturated heterocycles. The highest BCUT2D eigenvalue weighted by atomic mass is 16.5. The Kier molecular flexibility index (Phi) is 6.90. The first kappa shape index (κ1) is 20.7. The lowest BCUT2D eigenvalue weighted by Crippen LogP contribution is -2.51. The van der Waals surface area contributed by atoms with Gasteiger partial charge in [0.05, 0.1) is 13.7 Å². The molecule has 5 nitrogen and oxygen atoms in total. The van der Waals surface area contributed by atoms with Crippen LogP contribution in [0, 0.1) is 5.92 Å². The zero-order chi connectivity index (χ0) is 20.8. The molecule has 0 saturated carbocycles. The van der Waals surface area contributed by atoms with Crippen molar-refractivity contribution in [3.8, 4) is 5.75 Å². The van der Waals surface area contributed by atoms with Crippen molar-refractivity contribution in [2.45, 2.75) is 19.3 Å². The first-order valence-electron chi connectivity index (χ1n) is 11.1. The quantitative estimate of drug-likeness (QED) is 0.736. The number of methoxy groups -OCH3 is 1. The topological polar surface area (TPSA) is 36.0 Å². The van der Waals surface area contributed by atoms with Crippen molar-refractivity contribution in [1.29, 1.82) is 0 Å². The summed E-state index contributed by atoms with van der Waals surface area (Å²) >= 11 is 0. The molecular weight excluding hydrogens is 374 g/mol. The van der Waals surface area contributed by atoms with Crippen LogP contribution in [0.3, 0.4) is 0 Å². The van der Waals surface area contributed by atoms with Gasteiger partial charge >= 0.3 is 0 Å². The largest absolute Gasteiger partial charge is 0.497 e. The molecular formula is C25H33N3O2. The number of likely N-dealkylation sites (tertiary alicyclic amines) is 1. The molecule has 1 amide bonds. The third kappa shape index (κ3) is 5.33. The van der Waals surface area contributed by atoms with E-state index in [4.69, 9.17) is 4.74 Å². The van der Waals surface area contributed by atoms with E-state index in [1.807, 2.05) is 12.1 Å². The van der Waals surface area contributed by atoms with Gasteiger partial charge in [-0.2, -0.15) is 0 Å². The maximum absolute atomic E-state index is 12.8. The number of anilines is 1. The lowest BCUT2D eigenvalue weighted by atomic mass is 9.90. The average molecular weight is 408 g/mol. The normalized spacial score (nSPS) is 18.4. The number of hydrogen-bond donors (Lipinski definition) is 0. The van der Waals surface area contributed by atoms with Crippen molar-refractivity contribution in [2.75, 3.05) is 57.8 Å². The summed E-state index contributed by atoms with van der Waals surface area (Å²) in [6, 6.07) is 19.0. The highest BCUT2D eigenvalue weighted by Gasteiger charge is 2.25. The third-order valence-corrected chi connectivity index (χ3v) is 6.50. The number of piperazine rings is 1. The van der Waals surface area contributed by atoms with Crippen LogP contribution < -0.4 is 9.64 Å². The molecule has 0 aliphatic carbocycles. The fourth-order valence-corrected chi connectivity index (χ4v) is 4.58. The molecule has 2 fully saturated rings. The van der Waals surface area contributed by atoms with Crippen molar-refractivity contribution in [3.63, 3.8) is 0 Å². The number of benzene rings is 2. The Bertz CT molecular complexity index is 793. The molecule has 2 aromatic carbocycles. The summed E-state index contributed by atoms with van der Waals surface area (Å²) < 4.78 is 5.24. The van der Waals surface area contributed by atoms with Crippen LogP contribution in [-0.4, -0.2) is 68.6 Å². The summed E-state index contributed by atoms with van der Waals surface area (Å²) in [7, 11) is 1.69. The van der Waals surface area contributed by atoms with Gasteiger partial charge in [-0.15, -0.1) is 0 Å². The van der Waals surface area contributed by atoms with Gasteiger partial charge in [-0.1, -0.05) is 30.3 Å². The lowest BCUT2D eigenvalue weighted by Gasteiger charge is -2.38. The van der Waals surface area contributed by atoms with Crippen molar-refractivity contribution in [3.05, 3.63) is 60.2 Å². The Balaban J connectivity index is 1.19. The summed E-state index contributed by atoms with van der Waals surface area (Å²) in [5.74, 6) is 1.88. The Morgan fingerprint density at radius 3 is 2.20 bits per heavy atom. The number of hydrogen-bond acceptors (Lipinski definition) is 4. The molecule has 5 heteroatoms. The number of nitrogens with zero attached hydrogens (tertiary/aromatic N) is 3. The maximum Gasteiger partial charge on any atom is 0.236 e. The number of ether oxygens (including phenoxy) is 1. The lowest BCUT2D eigenvalue weighted by molar-refractivity contribution is -0.133. The highest BCUT2D eigenvalue weighted by Crippen LogP contribution is 2.23. The predicted octanol–water partition coefficient (Wildman–Crippen LogP) is 3.30. The van der Waals surface area contributed by atoms with Crippen LogP contribution in [0.25, 0.3) is 0 Å². The van der Waals surface area contributed by atoms with E-state index in [1.54, 1.807) is 7.11 Å². The number of carbonyl (C=O) groups excluding carboxylic acids is 1. The van der Waals surface area contributed by atoms with Gasteiger partial charge in [0.15, 0.2) is 0 Å². The highest BCUT2D eigenvalue weighted by molar-refractivity contribution is 5.78. The maximum atomic E-state index is 12.8. The minimum atomic E-state index is 0.297. The molecule has 30 heavy (non-hydrogen) atoms. The van der Waals surface area contributed by atoms with Crippen molar-refractivity contribution in [2.24, 2.45) is 5.92 Å². The smallest absolute Gasteiger partial charge is 0.236 e. The number of amides is 1. The predicted molar refractivity (Wildman–Crippen MR) is 121 cm³/mol. The number of piperidine rings is 1. The van der Waals surface area contributed by atoms with Gasteiger partial charge in [0.25, 0.3) is 0 Å². The molecule has 2 aliphatic rings. The fraction of sp³-hybridized carbons (Fsp3) is 0.480. The Labute approximate surface area is 180 Å². The van der Waals surface area contributed by atoms with E-state index in [1.165, 1.54) is 11.3 Å². The summed E-state index contributed by atoms with van der Waals surface area (Å²) in [4.78, 5) is 19.6. The third-order valence-electron chi connectivity index (χ3n) is 6.50. The summed E-state index contributed by atoms with van der Waals surface area (Å²) in [5.41, 5.74) is 2.64. The average Bonchev–Trinajstić information content (AvgIpc) is 2.81. The van der Waals surface area contributed by atoms with Crippen LogP contribution in [0.5, 0.6) is 5.75 Å². The van der Waals surface area contributed by atoms with Crippen molar-refractivity contribution >= 4 is 11.6 Å². The van der Waals surface area contributed by atoms with Crippen molar-refractivity contribution in [1.82, 2.24) is 9.80 Å². The standard InChI is InChI=1S/C25H33N3O2/c1-30-24-9-7-23(8-10-24)27-17-15-26(16-18-27)20-25(29)28-13-11-22(12-14-28)19-21-5-3-2-4-6-21/h2-10,22H,11-20H2,1H3. The van der Waals surface area contributed by atoms with E-state index in [-0.39, 0.29) is 0 Å². The van der Waals surface area contributed by atoms with Gasteiger partial charge in [-0.3, -0.25) is 9.69 Å². The van der Waals surface area contributed by atoms with E-state index >= 15 is 0 Å². The van der Waals surface area contributed by atoms with Gasteiger partial charge in [-0.25, -0.2) is 0 Å². The van der Waals surface area contributed by atoms with E-state index in [2.05, 4.69) is 57.2 Å².